The summed E-state index contributed by atoms with van der Waals surface area (Å²) in [7, 11) is 1.60. The highest BCUT2D eigenvalue weighted by Gasteiger charge is 2.30. The van der Waals surface area contributed by atoms with E-state index in [1.807, 2.05) is 6.07 Å². The number of likely N-dealkylation sites (N-methyl/N-ethyl adjacent to an activating group) is 1. The minimum atomic E-state index is -4.40. The summed E-state index contributed by atoms with van der Waals surface area (Å²) in [5.41, 5.74) is 0.308. The van der Waals surface area contributed by atoms with E-state index in [0.29, 0.717) is 11.3 Å². The first-order valence-corrected chi connectivity index (χ1v) is 6.35. The van der Waals surface area contributed by atoms with Crippen LogP contribution in [0.4, 0.5) is 18.9 Å². The van der Waals surface area contributed by atoms with Gasteiger partial charge in [0, 0.05) is 12.7 Å². The lowest BCUT2D eigenvalue weighted by molar-refractivity contribution is -0.137. The smallest absolute Gasteiger partial charge is 0.315 e. The number of hydrogen-bond donors (Lipinski definition) is 0. The van der Waals surface area contributed by atoms with Gasteiger partial charge in [0.2, 0.25) is 5.91 Å². The topological polar surface area (TPSA) is 20.3 Å². The third-order valence-corrected chi connectivity index (χ3v) is 3.13. The van der Waals surface area contributed by atoms with Gasteiger partial charge in [-0.05, 0) is 23.8 Å². The summed E-state index contributed by atoms with van der Waals surface area (Å²) in [6, 6.07) is 13.8. The average molecular weight is 293 g/mol. The molecule has 0 heterocycles. The van der Waals surface area contributed by atoms with Crippen molar-refractivity contribution in [3.05, 3.63) is 65.7 Å². The summed E-state index contributed by atoms with van der Waals surface area (Å²) < 4.78 is 37.9. The number of carbonyl (C=O) groups is 1. The minimum absolute atomic E-state index is 0.0741. The number of rotatable bonds is 3. The SMILES string of the molecule is CN(C(=O)Cc1cccc(C(F)(F)F)c1)c1ccccc1. The van der Waals surface area contributed by atoms with Crippen molar-refractivity contribution in [2.24, 2.45) is 0 Å². The number of nitrogens with zero attached hydrogens (tertiary/aromatic N) is 1. The van der Waals surface area contributed by atoms with E-state index in [9.17, 15) is 18.0 Å². The van der Waals surface area contributed by atoms with Gasteiger partial charge in [-0.1, -0.05) is 36.4 Å². The molecular formula is C16H14F3NO. The Labute approximate surface area is 120 Å². The molecule has 2 aromatic rings. The molecule has 1 amide bonds. The van der Waals surface area contributed by atoms with E-state index in [4.69, 9.17) is 0 Å². The van der Waals surface area contributed by atoms with E-state index in [1.165, 1.54) is 17.0 Å². The van der Waals surface area contributed by atoms with Gasteiger partial charge in [0.05, 0.1) is 12.0 Å². The summed E-state index contributed by atoms with van der Waals surface area (Å²) in [5, 5.41) is 0. The van der Waals surface area contributed by atoms with Crippen molar-refractivity contribution in [2.75, 3.05) is 11.9 Å². The van der Waals surface area contributed by atoms with Gasteiger partial charge >= 0.3 is 6.18 Å². The number of alkyl halides is 3. The van der Waals surface area contributed by atoms with Crippen LogP contribution in [0.25, 0.3) is 0 Å². The van der Waals surface area contributed by atoms with Gasteiger partial charge in [-0.2, -0.15) is 13.2 Å². The Hall–Kier alpha value is -2.30. The zero-order chi connectivity index (χ0) is 15.5. The van der Waals surface area contributed by atoms with Crippen molar-refractivity contribution in [1.29, 1.82) is 0 Å². The van der Waals surface area contributed by atoms with Gasteiger partial charge in [0.15, 0.2) is 0 Å². The molecule has 0 aliphatic rings. The first-order valence-electron chi connectivity index (χ1n) is 6.35. The fourth-order valence-electron chi connectivity index (χ4n) is 1.95. The number of halogens is 3. The van der Waals surface area contributed by atoms with Crippen molar-refractivity contribution in [3.63, 3.8) is 0 Å². The van der Waals surface area contributed by atoms with Crippen LogP contribution in [-0.2, 0) is 17.4 Å². The van der Waals surface area contributed by atoms with E-state index in [1.54, 1.807) is 31.3 Å². The lowest BCUT2D eigenvalue weighted by atomic mass is 10.1. The summed E-state index contributed by atoms with van der Waals surface area (Å²) in [4.78, 5) is 13.5. The van der Waals surface area contributed by atoms with Crippen molar-refractivity contribution >= 4 is 11.6 Å². The standard InChI is InChI=1S/C16H14F3NO/c1-20(14-8-3-2-4-9-14)15(21)11-12-6-5-7-13(10-12)16(17,18)19/h2-10H,11H2,1H3. The molecular weight excluding hydrogens is 279 g/mol. The number of para-hydroxylation sites is 1. The lowest BCUT2D eigenvalue weighted by Gasteiger charge is -2.17. The molecule has 0 atom stereocenters. The van der Waals surface area contributed by atoms with Gasteiger partial charge in [-0.25, -0.2) is 0 Å². The largest absolute Gasteiger partial charge is 0.416 e. The van der Waals surface area contributed by atoms with Gasteiger partial charge in [-0.15, -0.1) is 0 Å². The molecule has 2 aromatic carbocycles. The molecule has 0 unspecified atom stereocenters. The average Bonchev–Trinajstić information content (AvgIpc) is 2.47. The zero-order valence-electron chi connectivity index (χ0n) is 11.4. The molecule has 2 nitrogen and oxygen atoms in total. The highest BCUT2D eigenvalue weighted by atomic mass is 19.4. The Morgan fingerprint density at radius 1 is 1.05 bits per heavy atom. The first-order chi connectivity index (χ1) is 9.88. The van der Waals surface area contributed by atoms with Crippen LogP contribution in [0.5, 0.6) is 0 Å². The molecule has 5 heteroatoms. The second-order valence-corrected chi connectivity index (χ2v) is 4.66. The summed E-state index contributed by atoms with van der Waals surface area (Å²) in [6.07, 6.45) is -4.47. The number of hydrogen-bond acceptors (Lipinski definition) is 1. The molecule has 0 spiro atoms. The van der Waals surface area contributed by atoms with E-state index >= 15 is 0 Å². The maximum Gasteiger partial charge on any atom is 0.416 e. The van der Waals surface area contributed by atoms with Crippen LogP contribution in [0.3, 0.4) is 0 Å². The van der Waals surface area contributed by atoms with Crippen molar-refractivity contribution in [2.45, 2.75) is 12.6 Å². The molecule has 2 rings (SSSR count). The second-order valence-electron chi connectivity index (χ2n) is 4.66. The maximum absolute atomic E-state index is 12.6. The Balaban J connectivity index is 2.13. The van der Waals surface area contributed by atoms with Crippen LogP contribution < -0.4 is 4.90 Å². The van der Waals surface area contributed by atoms with Crippen molar-refractivity contribution in [1.82, 2.24) is 0 Å². The molecule has 0 saturated carbocycles. The highest BCUT2D eigenvalue weighted by molar-refractivity contribution is 5.94. The van der Waals surface area contributed by atoms with E-state index in [-0.39, 0.29) is 12.3 Å². The molecule has 110 valence electrons. The Morgan fingerprint density at radius 3 is 2.33 bits per heavy atom. The van der Waals surface area contributed by atoms with Crippen LogP contribution in [0.1, 0.15) is 11.1 Å². The predicted octanol–water partition coefficient (Wildman–Crippen LogP) is 3.91. The van der Waals surface area contributed by atoms with Crippen LogP contribution in [-0.4, -0.2) is 13.0 Å². The number of carbonyl (C=O) groups excluding carboxylic acids is 1. The molecule has 0 aromatic heterocycles. The molecule has 0 N–H and O–H groups in total. The second kappa shape index (κ2) is 5.99. The first kappa shape index (κ1) is 15.1. The maximum atomic E-state index is 12.6. The van der Waals surface area contributed by atoms with Gasteiger partial charge in [-0.3, -0.25) is 4.79 Å². The van der Waals surface area contributed by atoms with Crippen LogP contribution in [0, 0.1) is 0 Å². The van der Waals surface area contributed by atoms with Crippen LogP contribution in [0.2, 0.25) is 0 Å². The minimum Gasteiger partial charge on any atom is -0.315 e. The van der Waals surface area contributed by atoms with E-state index in [2.05, 4.69) is 0 Å². The molecule has 21 heavy (non-hydrogen) atoms. The quantitative estimate of drug-likeness (QED) is 0.840. The van der Waals surface area contributed by atoms with E-state index in [0.717, 1.165) is 12.1 Å². The monoisotopic (exact) mass is 293 g/mol. The number of benzene rings is 2. The number of anilines is 1. The summed E-state index contributed by atoms with van der Waals surface area (Å²) >= 11 is 0. The molecule has 0 saturated heterocycles. The summed E-state index contributed by atoms with van der Waals surface area (Å²) in [5.74, 6) is -0.263. The lowest BCUT2D eigenvalue weighted by Crippen LogP contribution is -2.27. The van der Waals surface area contributed by atoms with Crippen molar-refractivity contribution < 1.29 is 18.0 Å². The van der Waals surface area contributed by atoms with Gasteiger partial charge in [0.25, 0.3) is 0 Å². The number of amides is 1. The van der Waals surface area contributed by atoms with Crippen LogP contribution >= 0.6 is 0 Å². The third-order valence-electron chi connectivity index (χ3n) is 3.13. The van der Waals surface area contributed by atoms with Crippen molar-refractivity contribution in [3.8, 4) is 0 Å². The van der Waals surface area contributed by atoms with Crippen LogP contribution in [0.15, 0.2) is 54.6 Å². The fraction of sp³-hybridized carbons (Fsp3) is 0.188. The predicted molar refractivity (Wildman–Crippen MR) is 75.0 cm³/mol. The summed E-state index contributed by atoms with van der Waals surface area (Å²) in [6.45, 7) is 0. The Bertz CT molecular complexity index is 623. The molecule has 0 radical (unpaired) electrons. The molecule has 0 bridgehead atoms. The van der Waals surface area contributed by atoms with E-state index < -0.39 is 11.7 Å². The van der Waals surface area contributed by atoms with Gasteiger partial charge in [0.1, 0.15) is 0 Å². The zero-order valence-corrected chi connectivity index (χ0v) is 11.4. The molecule has 0 aliphatic carbocycles. The molecule has 0 aliphatic heterocycles. The fourth-order valence-corrected chi connectivity index (χ4v) is 1.95. The van der Waals surface area contributed by atoms with Gasteiger partial charge < -0.3 is 4.90 Å². The highest BCUT2D eigenvalue weighted by Crippen LogP contribution is 2.29. The normalized spacial score (nSPS) is 11.2. The third kappa shape index (κ3) is 3.84. The molecule has 0 fully saturated rings. The Kier molecular flexibility index (Phi) is 4.31. The Morgan fingerprint density at radius 2 is 1.71 bits per heavy atom.